The van der Waals surface area contributed by atoms with E-state index in [1.165, 1.54) is 17.8 Å². The van der Waals surface area contributed by atoms with Crippen molar-refractivity contribution in [1.82, 2.24) is 14.8 Å². The molecule has 1 amide bonds. The second-order valence-electron chi connectivity index (χ2n) is 6.25. The van der Waals surface area contributed by atoms with Crippen LogP contribution in [-0.2, 0) is 34.7 Å². The summed E-state index contributed by atoms with van der Waals surface area (Å²) in [6.07, 6.45) is 1.37. The Morgan fingerprint density at radius 3 is 2.73 bits per heavy atom. The van der Waals surface area contributed by atoms with Gasteiger partial charge in [-0.3, -0.25) is 4.79 Å². The average Bonchev–Trinajstić information content (AvgIpc) is 3.09. The number of benzene rings is 1. The highest BCUT2D eigenvalue weighted by atomic mass is 32.2. The Hall–Kier alpha value is -1.91. The number of thioether (sulfide) groups is 1. The zero-order chi connectivity index (χ0) is 19.1. The molecule has 0 spiro atoms. The van der Waals surface area contributed by atoms with E-state index in [-0.39, 0.29) is 22.6 Å². The fraction of sp³-hybridized carbons (Fsp3) is 0.438. The van der Waals surface area contributed by atoms with Gasteiger partial charge >= 0.3 is 0 Å². The summed E-state index contributed by atoms with van der Waals surface area (Å²) in [5.74, 6) is 1.05. The number of carbonyl (C=O) groups is 1. The second kappa shape index (κ2) is 7.01. The first-order valence-electron chi connectivity index (χ1n) is 8.21. The van der Waals surface area contributed by atoms with Gasteiger partial charge in [-0.15, -0.1) is 10.2 Å². The molecule has 26 heavy (non-hydrogen) atoms. The minimum absolute atomic E-state index is 0.0421. The molecular formula is C16H21N5O3S2. The SMILES string of the molecule is CCc1nnc(SCC(=O)N2c3ccc(S(N)(=O)=O)cc3CC2C)n1C. The van der Waals surface area contributed by atoms with Gasteiger partial charge in [-0.05, 0) is 37.1 Å². The Labute approximate surface area is 156 Å². The molecular weight excluding hydrogens is 374 g/mol. The van der Waals surface area contributed by atoms with Gasteiger partial charge in [0.25, 0.3) is 0 Å². The number of nitrogens with two attached hydrogens (primary N) is 1. The Morgan fingerprint density at radius 1 is 1.38 bits per heavy atom. The molecule has 1 aromatic heterocycles. The van der Waals surface area contributed by atoms with Crippen molar-refractivity contribution < 1.29 is 13.2 Å². The van der Waals surface area contributed by atoms with Crippen LogP contribution < -0.4 is 10.0 Å². The highest BCUT2D eigenvalue weighted by molar-refractivity contribution is 7.99. The van der Waals surface area contributed by atoms with E-state index in [1.54, 1.807) is 17.0 Å². The summed E-state index contributed by atoms with van der Waals surface area (Å²) in [5.41, 5.74) is 1.55. The van der Waals surface area contributed by atoms with Gasteiger partial charge in [-0.1, -0.05) is 18.7 Å². The fourth-order valence-electron chi connectivity index (χ4n) is 3.14. The summed E-state index contributed by atoms with van der Waals surface area (Å²) in [6.45, 7) is 3.94. The van der Waals surface area contributed by atoms with Crippen molar-refractivity contribution in [3.8, 4) is 0 Å². The van der Waals surface area contributed by atoms with Crippen molar-refractivity contribution in [2.24, 2.45) is 12.2 Å². The number of aryl methyl sites for hydroxylation is 1. The number of nitrogens with zero attached hydrogens (tertiary/aromatic N) is 4. The molecule has 2 N–H and O–H groups in total. The average molecular weight is 396 g/mol. The number of carbonyl (C=O) groups excluding carboxylic acids is 1. The molecule has 0 bridgehead atoms. The van der Waals surface area contributed by atoms with Gasteiger partial charge in [0, 0.05) is 25.2 Å². The van der Waals surface area contributed by atoms with E-state index < -0.39 is 10.0 Å². The Morgan fingerprint density at radius 2 is 2.12 bits per heavy atom. The first kappa shape index (κ1) is 18.9. The Kier molecular flexibility index (Phi) is 5.09. The van der Waals surface area contributed by atoms with Gasteiger partial charge in [0.2, 0.25) is 15.9 Å². The van der Waals surface area contributed by atoms with E-state index in [0.29, 0.717) is 11.6 Å². The highest BCUT2D eigenvalue weighted by Gasteiger charge is 2.31. The van der Waals surface area contributed by atoms with Crippen LogP contribution in [0.15, 0.2) is 28.3 Å². The van der Waals surface area contributed by atoms with E-state index in [0.717, 1.165) is 23.5 Å². The molecule has 0 saturated heterocycles. The summed E-state index contributed by atoms with van der Waals surface area (Å²) in [6, 6.07) is 4.60. The monoisotopic (exact) mass is 395 g/mol. The molecule has 1 atom stereocenters. The summed E-state index contributed by atoms with van der Waals surface area (Å²) in [7, 11) is -1.87. The summed E-state index contributed by atoms with van der Waals surface area (Å²) < 4.78 is 24.9. The first-order valence-corrected chi connectivity index (χ1v) is 10.7. The third-order valence-electron chi connectivity index (χ3n) is 4.43. The Balaban J connectivity index is 1.77. The second-order valence-corrected chi connectivity index (χ2v) is 8.76. The van der Waals surface area contributed by atoms with Crippen molar-refractivity contribution >= 4 is 33.4 Å². The maximum atomic E-state index is 12.8. The number of primary sulfonamides is 1. The number of anilines is 1. The number of hydrogen-bond donors (Lipinski definition) is 1. The molecule has 140 valence electrons. The number of hydrogen-bond acceptors (Lipinski definition) is 6. The van der Waals surface area contributed by atoms with E-state index in [2.05, 4.69) is 10.2 Å². The van der Waals surface area contributed by atoms with Crippen LogP contribution in [0.5, 0.6) is 0 Å². The predicted molar refractivity (Wildman–Crippen MR) is 99.6 cm³/mol. The van der Waals surface area contributed by atoms with Crippen molar-refractivity contribution in [1.29, 1.82) is 0 Å². The molecule has 8 nitrogen and oxygen atoms in total. The fourth-order valence-corrected chi connectivity index (χ4v) is 4.49. The molecule has 2 aromatic rings. The van der Waals surface area contributed by atoms with Crippen LogP contribution >= 0.6 is 11.8 Å². The quantitative estimate of drug-likeness (QED) is 0.759. The molecule has 0 radical (unpaired) electrons. The van der Waals surface area contributed by atoms with E-state index in [9.17, 15) is 13.2 Å². The Bertz CT molecular complexity index is 955. The van der Waals surface area contributed by atoms with Gasteiger partial charge in [0.05, 0.1) is 10.6 Å². The van der Waals surface area contributed by atoms with Gasteiger partial charge in [0.15, 0.2) is 5.16 Å². The lowest BCUT2D eigenvalue weighted by molar-refractivity contribution is -0.116. The lowest BCUT2D eigenvalue weighted by Gasteiger charge is -2.22. The maximum Gasteiger partial charge on any atom is 0.238 e. The van der Waals surface area contributed by atoms with Gasteiger partial charge in [-0.25, -0.2) is 13.6 Å². The van der Waals surface area contributed by atoms with Crippen LogP contribution in [0.4, 0.5) is 5.69 Å². The van der Waals surface area contributed by atoms with Crippen molar-refractivity contribution in [2.45, 2.75) is 42.8 Å². The molecule has 1 aliphatic rings. The van der Waals surface area contributed by atoms with E-state index in [4.69, 9.17) is 5.14 Å². The van der Waals surface area contributed by atoms with Crippen LogP contribution in [0.3, 0.4) is 0 Å². The molecule has 3 rings (SSSR count). The number of amides is 1. The normalized spacial score (nSPS) is 16.8. The van der Waals surface area contributed by atoms with Crippen molar-refractivity contribution in [3.05, 3.63) is 29.6 Å². The van der Waals surface area contributed by atoms with Gasteiger partial charge in [-0.2, -0.15) is 0 Å². The summed E-state index contributed by atoms with van der Waals surface area (Å²) in [4.78, 5) is 14.5. The number of rotatable bonds is 5. The smallest absolute Gasteiger partial charge is 0.238 e. The molecule has 1 aliphatic heterocycles. The van der Waals surface area contributed by atoms with Gasteiger partial charge < -0.3 is 9.47 Å². The van der Waals surface area contributed by atoms with Crippen molar-refractivity contribution in [2.75, 3.05) is 10.7 Å². The molecule has 1 unspecified atom stereocenters. The number of sulfonamides is 1. The van der Waals surface area contributed by atoms with Crippen LogP contribution in [0.2, 0.25) is 0 Å². The first-order chi connectivity index (χ1) is 12.2. The number of aromatic nitrogens is 3. The van der Waals surface area contributed by atoms with Crippen molar-refractivity contribution in [3.63, 3.8) is 0 Å². The molecule has 10 heteroatoms. The lowest BCUT2D eigenvalue weighted by atomic mass is 10.1. The molecule has 1 aromatic carbocycles. The largest absolute Gasteiger partial charge is 0.309 e. The van der Waals surface area contributed by atoms with Crippen LogP contribution in [0.25, 0.3) is 0 Å². The predicted octanol–water partition coefficient (Wildman–Crippen LogP) is 1.09. The van der Waals surface area contributed by atoms with Crippen LogP contribution in [0, 0.1) is 0 Å². The minimum atomic E-state index is -3.76. The summed E-state index contributed by atoms with van der Waals surface area (Å²) in [5, 5.41) is 14.1. The number of fused-ring (bicyclic) bond motifs is 1. The third-order valence-corrected chi connectivity index (χ3v) is 6.35. The standard InChI is InChI=1S/C16H21N5O3S2/c1-4-14-18-19-16(20(14)3)25-9-15(22)21-10(2)7-11-8-12(26(17,23)24)5-6-13(11)21/h5-6,8,10H,4,7,9H2,1-3H3,(H2,17,23,24). The van der Waals surface area contributed by atoms with Crippen LogP contribution in [-0.4, -0.2) is 40.9 Å². The molecule has 2 heterocycles. The topological polar surface area (TPSA) is 111 Å². The van der Waals surface area contributed by atoms with Crippen LogP contribution in [0.1, 0.15) is 25.2 Å². The summed E-state index contributed by atoms with van der Waals surface area (Å²) >= 11 is 1.34. The van der Waals surface area contributed by atoms with Gasteiger partial charge in [0.1, 0.15) is 5.82 Å². The zero-order valence-electron chi connectivity index (χ0n) is 14.8. The van der Waals surface area contributed by atoms with E-state index in [1.807, 2.05) is 25.5 Å². The lowest BCUT2D eigenvalue weighted by Crippen LogP contribution is -2.37. The molecule has 0 aliphatic carbocycles. The minimum Gasteiger partial charge on any atom is -0.309 e. The highest BCUT2D eigenvalue weighted by Crippen LogP contribution is 2.34. The zero-order valence-corrected chi connectivity index (χ0v) is 16.5. The third kappa shape index (κ3) is 3.49. The molecule has 0 fully saturated rings. The molecule has 0 saturated carbocycles. The maximum absolute atomic E-state index is 12.8. The van der Waals surface area contributed by atoms with E-state index >= 15 is 0 Å².